The Bertz CT molecular complexity index is 635. The Labute approximate surface area is 114 Å². The van der Waals surface area contributed by atoms with Crippen molar-refractivity contribution in [2.75, 3.05) is 0 Å². The summed E-state index contributed by atoms with van der Waals surface area (Å²) in [6.45, 7) is 1.55. The number of aryl methyl sites for hydroxylation is 1. The minimum atomic E-state index is -0.712. The Morgan fingerprint density at radius 2 is 1.70 bits per heavy atom. The summed E-state index contributed by atoms with van der Waals surface area (Å²) in [6, 6.07) is 7.10. The van der Waals surface area contributed by atoms with Crippen LogP contribution in [0.15, 0.2) is 36.4 Å². The highest BCUT2D eigenvalue weighted by Crippen LogP contribution is 2.10. The zero-order valence-corrected chi connectivity index (χ0v) is 10.7. The molecule has 0 unspecified atom stereocenters. The van der Waals surface area contributed by atoms with Gasteiger partial charge >= 0.3 is 0 Å². The molecule has 5 heteroatoms. The van der Waals surface area contributed by atoms with E-state index in [0.717, 1.165) is 24.3 Å². The molecule has 0 aliphatic heterocycles. The number of carbonyl (C=O) groups excluding carboxylic acids is 1. The summed E-state index contributed by atoms with van der Waals surface area (Å²) in [5.74, 6) is -2.41. The average Bonchev–Trinajstić information content (AvgIpc) is 2.38. The van der Waals surface area contributed by atoms with Gasteiger partial charge in [-0.1, -0.05) is 6.07 Å². The van der Waals surface area contributed by atoms with E-state index >= 15 is 0 Å². The van der Waals surface area contributed by atoms with Crippen LogP contribution in [-0.2, 0) is 6.54 Å². The van der Waals surface area contributed by atoms with Gasteiger partial charge in [-0.25, -0.2) is 13.2 Å². The van der Waals surface area contributed by atoms with E-state index in [0.29, 0.717) is 11.1 Å². The van der Waals surface area contributed by atoms with Crippen LogP contribution in [0.2, 0.25) is 0 Å². The summed E-state index contributed by atoms with van der Waals surface area (Å²) in [5, 5.41) is 2.48. The van der Waals surface area contributed by atoms with E-state index in [-0.39, 0.29) is 12.1 Å². The molecule has 0 atom stereocenters. The Hall–Kier alpha value is -2.30. The summed E-state index contributed by atoms with van der Waals surface area (Å²) >= 11 is 0. The molecule has 0 spiro atoms. The molecule has 2 aromatic carbocycles. The first kappa shape index (κ1) is 14.1. The van der Waals surface area contributed by atoms with Crippen LogP contribution in [0.1, 0.15) is 21.5 Å². The third kappa shape index (κ3) is 3.38. The smallest absolute Gasteiger partial charge is 0.251 e. The lowest BCUT2D eigenvalue weighted by molar-refractivity contribution is 0.0950. The van der Waals surface area contributed by atoms with Crippen LogP contribution in [-0.4, -0.2) is 5.91 Å². The van der Waals surface area contributed by atoms with Crippen molar-refractivity contribution in [3.63, 3.8) is 0 Å². The van der Waals surface area contributed by atoms with Gasteiger partial charge in [0.1, 0.15) is 17.5 Å². The molecule has 2 rings (SSSR count). The van der Waals surface area contributed by atoms with Crippen LogP contribution in [0, 0.1) is 24.4 Å². The fraction of sp³-hybridized carbons (Fsp3) is 0.133. The van der Waals surface area contributed by atoms with Crippen LogP contribution in [0.4, 0.5) is 13.2 Å². The molecular formula is C15H12F3NO. The van der Waals surface area contributed by atoms with Gasteiger partial charge in [0, 0.05) is 18.2 Å². The topological polar surface area (TPSA) is 29.1 Å². The standard InChI is InChI=1S/C15H12F3NO/c1-9-2-3-11(6-14(9)18)15(20)19-8-10-4-12(16)7-13(17)5-10/h2-7H,8H2,1H3,(H,19,20). The second-order valence-corrected chi connectivity index (χ2v) is 4.42. The summed E-state index contributed by atoms with van der Waals surface area (Å²) in [7, 11) is 0. The predicted molar refractivity (Wildman–Crippen MR) is 68.7 cm³/mol. The van der Waals surface area contributed by atoms with Crippen LogP contribution < -0.4 is 5.32 Å². The van der Waals surface area contributed by atoms with Gasteiger partial charge < -0.3 is 5.32 Å². The third-order valence-corrected chi connectivity index (χ3v) is 2.81. The Morgan fingerprint density at radius 3 is 2.30 bits per heavy atom. The molecule has 0 saturated heterocycles. The highest BCUT2D eigenvalue weighted by atomic mass is 19.1. The molecule has 0 fully saturated rings. The van der Waals surface area contributed by atoms with E-state index in [4.69, 9.17) is 0 Å². The molecule has 0 saturated carbocycles. The second kappa shape index (κ2) is 5.77. The van der Waals surface area contributed by atoms with Gasteiger partial charge in [0.2, 0.25) is 0 Å². The van der Waals surface area contributed by atoms with Gasteiger partial charge in [-0.3, -0.25) is 4.79 Å². The van der Waals surface area contributed by atoms with Crippen molar-refractivity contribution in [1.82, 2.24) is 5.32 Å². The SMILES string of the molecule is Cc1ccc(C(=O)NCc2cc(F)cc(F)c2)cc1F. The molecular weight excluding hydrogens is 267 g/mol. The van der Waals surface area contributed by atoms with Gasteiger partial charge in [0.25, 0.3) is 5.91 Å². The summed E-state index contributed by atoms with van der Waals surface area (Å²) in [5.41, 5.74) is 0.891. The lowest BCUT2D eigenvalue weighted by Gasteiger charge is -2.07. The van der Waals surface area contributed by atoms with Crippen molar-refractivity contribution in [2.45, 2.75) is 13.5 Å². The third-order valence-electron chi connectivity index (χ3n) is 2.81. The number of hydrogen-bond donors (Lipinski definition) is 1. The molecule has 0 heterocycles. The van der Waals surface area contributed by atoms with Crippen molar-refractivity contribution in [3.05, 3.63) is 70.5 Å². The van der Waals surface area contributed by atoms with Crippen molar-refractivity contribution >= 4 is 5.91 Å². The van der Waals surface area contributed by atoms with Crippen LogP contribution in [0.25, 0.3) is 0 Å². The molecule has 0 radical (unpaired) electrons. The lowest BCUT2D eigenvalue weighted by atomic mass is 10.1. The molecule has 104 valence electrons. The maximum atomic E-state index is 13.3. The summed E-state index contributed by atoms with van der Waals surface area (Å²) in [4.78, 5) is 11.8. The van der Waals surface area contributed by atoms with Gasteiger partial charge in [-0.2, -0.15) is 0 Å². The lowest BCUT2D eigenvalue weighted by Crippen LogP contribution is -2.23. The number of halogens is 3. The van der Waals surface area contributed by atoms with E-state index in [1.807, 2.05) is 0 Å². The molecule has 1 N–H and O–H groups in total. The Morgan fingerprint density at radius 1 is 1.05 bits per heavy atom. The first-order chi connectivity index (χ1) is 9.45. The van der Waals surface area contributed by atoms with Crippen molar-refractivity contribution in [2.24, 2.45) is 0 Å². The minimum Gasteiger partial charge on any atom is -0.348 e. The van der Waals surface area contributed by atoms with Crippen LogP contribution in [0.3, 0.4) is 0 Å². The maximum Gasteiger partial charge on any atom is 0.251 e. The maximum absolute atomic E-state index is 13.3. The van der Waals surface area contributed by atoms with Crippen LogP contribution >= 0.6 is 0 Å². The van der Waals surface area contributed by atoms with Crippen LogP contribution in [0.5, 0.6) is 0 Å². The number of rotatable bonds is 3. The van der Waals surface area contributed by atoms with Gasteiger partial charge in [0.15, 0.2) is 0 Å². The van der Waals surface area contributed by atoms with Crippen molar-refractivity contribution in [3.8, 4) is 0 Å². The fourth-order valence-electron chi connectivity index (χ4n) is 1.73. The second-order valence-electron chi connectivity index (χ2n) is 4.42. The number of amides is 1. The zero-order valence-electron chi connectivity index (χ0n) is 10.7. The summed E-state index contributed by atoms with van der Waals surface area (Å²) in [6.07, 6.45) is 0. The van der Waals surface area contributed by atoms with E-state index in [1.165, 1.54) is 12.1 Å². The zero-order chi connectivity index (χ0) is 14.7. The predicted octanol–water partition coefficient (Wildman–Crippen LogP) is 3.34. The molecule has 2 nitrogen and oxygen atoms in total. The molecule has 0 aliphatic carbocycles. The number of carbonyl (C=O) groups is 1. The normalized spacial score (nSPS) is 10.4. The summed E-state index contributed by atoms with van der Waals surface area (Å²) < 4.78 is 39.3. The quantitative estimate of drug-likeness (QED) is 0.917. The average molecular weight is 279 g/mol. The molecule has 0 bridgehead atoms. The van der Waals surface area contributed by atoms with Crippen molar-refractivity contribution in [1.29, 1.82) is 0 Å². The fourth-order valence-corrected chi connectivity index (χ4v) is 1.73. The number of nitrogens with one attached hydrogen (secondary N) is 1. The van der Waals surface area contributed by atoms with E-state index in [2.05, 4.69) is 5.32 Å². The first-order valence-corrected chi connectivity index (χ1v) is 5.95. The van der Waals surface area contributed by atoms with E-state index in [1.54, 1.807) is 6.92 Å². The first-order valence-electron chi connectivity index (χ1n) is 5.95. The highest BCUT2D eigenvalue weighted by molar-refractivity contribution is 5.94. The van der Waals surface area contributed by atoms with Gasteiger partial charge in [-0.15, -0.1) is 0 Å². The van der Waals surface area contributed by atoms with E-state index in [9.17, 15) is 18.0 Å². The van der Waals surface area contributed by atoms with E-state index < -0.39 is 23.4 Å². The molecule has 0 aromatic heterocycles. The Balaban J connectivity index is 2.06. The van der Waals surface area contributed by atoms with Crippen molar-refractivity contribution < 1.29 is 18.0 Å². The molecule has 20 heavy (non-hydrogen) atoms. The molecule has 2 aromatic rings. The number of benzene rings is 2. The molecule has 0 aliphatic rings. The molecule has 1 amide bonds. The minimum absolute atomic E-state index is 0.0387. The Kier molecular flexibility index (Phi) is 4.08. The van der Waals surface area contributed by atoms with Gasteiger partial charge in [0.05, 0.1) is 0 Å². The van der Waals surface area contributed by atoms with Gasteiger partial charge in [-0.05, 0) is 42.3 Å². The monoisotopic (exact) mass is 279 g/mol. The largest absolute Gasteiger partial charge is 0.348 e. The highest BCUT2D eigenvalue weighted by Gasteiger charge is 2.08. The number of hydrogen-bond acceptors (Lipinski definition) is 1.